The topological polar surface area (TPSA) is 122 Å². The van der Waals surface area contributed by atoms with Gasteiger partial charge in [0, 0.05) is 16.7 Å². The Labute approximate surface area is 149 Å². The predicted octanol–water partition coefficient (Wildman–Crippen LogP) is 1.93. The van der Waals surface area contributed by atoms with Crippen LogP contribution in [-0.4, -0.2) is 48.3 Å². The molecule has 1 aromatic rings. The number of carbonyl (C=O) groups is 1. The number of halogens is 3. The third kappa shape index (κ3) is 8.60. The lowest BCUT2D eigenvalue weighted by Crippen LogP contribution is -2.24. The third-order valence-electron chi connectivity index (χ3n) is 2.37. The molecule has 142 valence electrons. The Morgan fingerprint density at radius 1 is 1.27 bits per heavy atom. The monoisotopic (exact) mass is 413 g/mol. The summed E-state index contributed by atoms with van der Waals surface area (Å²) in [6.45, 7) is -0.388. The summed E-state index contributed by atoms with van der Waals surface area (Å²) in [4.78, 5) is 10.1. The Morgan fingerprint density at radius 2 is 1.88 bits per heavy atom. The number of carboxylic acids is 1. The largest absolute Gasteiger partial charge is 0.492 e. The van der Waals surface area contributed by atoms with Crippen molar-refractivity contribution in [3.63, 3.8) is 0 Å². The molecule has 0 fully saturated rings. The summed E-state index contributed by atoms with van der Waals surface area (Å²) in [7, 11) is -4.22. The highest BCUT2D eigenvalue weighted by atomic mass is 32.2. The molecule has 0 aliphatic carbocycles. The summed E-state index contributed by atoms with van der Waals surface area (Å²) in [5.74, 6) is -0.472. The third-order valence-corrected chi connectivity index (χ3v) is 3.39. The molecular weight excluding hydrogens is 403 g/mol. The maximum Gasteiger partial charge on any atom is 0.437 e. The van der Waals surface area contributed by atoms with Crippen molar-refractivity contribution in [1.82, 2.24) is 0 Å². The van der Waals surface area contributed by atoms with Gasteiger partial charge >= 0.3 is 12.1 Å². The first-order valence-electron chi connectivity index (χ1n) is 6.39. The van der Waals surface area contributed by atoms with Crippen LogP contribution >= 0.6 is 12.0 Å². The van der Waals surface area contributed by atoms with E-state index in [1.165, 1.54) is 0 Å². The van der Waals surface area contributed by atoms with Crippen LogP contribution in [-0.2, 0) is 19.2 Å². The number of hydrogen-bond acceptors (Lipinski definition) is 7. The zero-order valence-corrected chi connectivity index (χ0v) is 14.2. The van der Waals surface area contributed by atoms with Crippen LogP contribution in [0.2, 0.25) is 0 Å². The van der Waals surface area contributed by atoms with Crippen LogP contribution < -0.4 is 4.74 Å². The number of nitrogens with zero attached hydrogens (tertiary/aromatic N) is 1. The van der Waals surface area contributed by atoms with Crippen molar-refractivity contribution in [2.24, 2.45) is 5.16 Å². The van der Waals surface area contributed by atoms with Gasteiger partial charge in [0.2, 0.25) is 0 Å². The van der Waals surface area contributed by atoms with Gasteiger partial charge in [0.05, 0.1) is 0 Å². The van der Waals surface area contributed by atoms with Gasteiger partial charge in [-0.25, -0.2) is 4.79 Å². The van der Waals surface area contributed by atoms with Crippen molar-refractivity contribution >= 4 is 33.8 Å². The maximum atomic E-state index is 13.0. The van der Waals surface area contributed by atoms with Crippen molar-refractivity contribution in [2.45, 2.75) is 6.18 Å². The first-order valence-corrected chi connectivity index (χ1v) is 8.74. The number of carboxylic acid groups (broad SMARTS) is 1. The summed E-state index contributed by atoms with van der Waals surface area (Å²) in [6, 6.07) is 4.29. The molecular formula is C13H10F3NO7S2. The highest BCUT2D eigenvalue weighted by molar-refractivity contribution is 7.99. The minimum atomic E-state index is -4.87. The smallest absolute Gasteiger partial charge is 0.437 e. The van der Waals surface area contributed by atoms with Gasteiger partial charge < -0.3 is 14.1 Å². The van der Waals surface area contributed by atoms with Crippen LogP contribution in [0.4, 0.5) is 13.2 Å². The van der Waals surface area contributed by atoms with Crippen molar-refractivity contribution in [3.05, 3.63) is 29.8 Å². The van der Waals surface area contributed by atoms with Crippen molar-refractivity contribution in [1.29, 1.82) is 0 Å². The fraction of sp³-hybridized carbons (Fsp3) is 0.231. The van der Waals surface area contributed by atoms with E-state index >= 15 is 0 Å². The molecule has 0 radical (unpaired) electrons. The molecule has 0 spiro atoms. The van der Waals surface area contributed by atoms with Crippen molar-refractivity contribution < 1.29 is 45.1 Å². The van der Waals surface area contributed by atoms with E-state index < -0.39 is 33.7 Å². The Morgan fingerprint density at radius 3 is 2.38 bits per heavy atom. The van der Waals surface area contributed by atoms with Crippen LogP contribution in [0.5, 0.6) is 5.75 Å². The second-order valence-electron chi connectivity index (χ2n) is 4.29. The van der Waals surface area contributed by atoms with E-state index in [9.17, 15) is 26.4 Å². The van der Waals surface area contributed by atoms with Gasteiger partial charge in [-0.3, -0.25) is 4.55 Å². The molecule has 0 atom stereocenters. The number of aliphatic carboxylic acids is 1. The molecule has 1 rings (SSSR count). The molecule has 0 saturated heterocycles. The molecule has 0 amide bonds. The Kier molecular flexibility index (Phi) is 7.75. The first kappa shape index (κ1) is 21.6. The lowest BCUT2D eigenvalue weighted by atomic mass is 10.1. The summed E-state index contributed by atoms with van der Waals surface area (Å²) < 4.78 is 77.9. The summed E-state index contributed by atoms with van der Waals surface area (Å²) >= 11 is 0.103. The molecule has 0 aromatic heterocycles. The molecule has 0 unspecified atom stereocenters. The van der Waals surface area contributed by atoms with Gasteiger partial charge in [0.15, 0.2) is 17.8 Å². The lowest BCUT2D eigenvalue weighted by molar-refractivity contribution is -0.130. The van der Waals surface area contributed by atoms with Crippen LogP contribution in [0, 0.1) is 11.2 Å². The minimum absolute atomic E-state index is 0.0709. The summed E-state index contributed by atoms with van der Waals surface area (Å²) in [5.41, 5.74) is -1.78. The van der Waals surface area contributed by atoms with Gasteiger partial charge in [0.25, 0.3) is 10.1 Å². The average molecular weight is 413 g/mol. The van der Waals surface area contributed by atoms with E-state index in [1.54, 1.807) is 5.92 Å². The van der Waals surface area contributed by atoms with E-state index in [0.717, 1.165) is 24.3 Å². The highest BCUT2D eigenvalue weighted by Gasteiger charge is 2.38. The van der Waals surface area contributed by atoms with Crippen LogP contribution in [0.25, 0.3) is 0 Å². The number of ether oxygens (including phenoxy) is 1. The molecule has 0 aliphatic rings. The standard InChI is InChI=1S/C13H10F3NO7S2/c14-13(15,16)12(17-24-25-7-5-11(18)19)9-1-3-10(4-2-9)23-6-8-26(20,21)22/h1-4H,6,8H2,(H,18,19)(H,20,21,22). The minimum Gasteiger partial charge on any atom is -0.492 e. The molecule has 0 heterocycles. The zero-order chi connectivity index (χ0) is 19.8. The normalized spacial score (nSPS) is 12.1. The number of alkyl halides is 3. The Bertz CT molecular complexity index is 824. The Balaban J connectivity index is 2.82. The number of benzene rings is 1. The molecule has 0 bridgehead atoms. The molecule has 26 heavy (non-hydrogen) atoms. The summed E-state index contributed by atoms with van der Waals surface area (Å²) in [6.07, 6.45) is -4.87. The van der Waals surface area contributed by atoms with Crippen molar-refractivity contribution in [2.75, 3.05) is 12.4 Å². The summed E-state index contributed by atoms with van der Waals surface area (Å²) in [5, 5.41) is 13.0. The fourth-order valence-corrected chi connectivity index (χ4v) is 1.95. The van der Waals surface area contributed by atoms with E-state index in [1.807, 2.05) is 5.25 Å². The molecule has 8 nitrogen and oxygen atoms in total. The zero-order valence-electron chi connectivity index (χ0n) is 12.6. The van der Waals surface area contributed by atoms with E-state index in [2.05, 4.69) is 9.44 Å². The van der Waals surface area contributed by atoms with E-state index in [-0.39, 0.29) is 30.0 Å². The van der Waals surface area contributed by atoms with Gasteiger partial charge in [-0.15, -0.1) is 0 Å². The van der Waals surface area contributed by atoms with Gasteiger partial charge in [-0.05, 0) is 24.3 Å². The van der Waals surface area contributed by atoms with Crippen LogP contribution in [0.15, 0.2) is 29.4 Å². The van der Waals surface area contributed by atoms with Gasteiger partial charge in [-0.2, -0.15) is 21.6 Å². The van der Waals surface area contributed by atoms with E-state index in [4.69, 9.17) is 14.4 Å². The van der Waals surface area contributed by atoms with Gasteiger partial charge in [0.1, 0.15) is 18.1 Å². The number of oxime groups is 1. The average Bonchev–Trinajstić information content (AvgIpc) is 2.49. The number of rotatable bonds is 7. The number of hydrogen-bond donors (Lipinski definition) is 2. The van der Waals surface area contributed by atoms with Gasteiger partial charge in [-0.1, -0.05) is 5.16 Å². The maximum absolute atomic E-state index is 13.0. The molecule has 0 aliphatic heterocycles. The quantitative estimate of drug-likeness (QED) is 0.174. The van der Waals surface area contributed by atoms with Crippen molar-refractivity contribution in [3.8, 4) is 16.9 Å². The fourth-order valence-electron chi connectivity index (χ4n) is 1.38. The predicted molar refractivity (Wildman–Crippen MR) is 85.0 cm³/mol. The van der Waals surface area contributed by atoms with Crippen LogP contribution in [0.1, 0.15) is 5.56 Å². The second kappa shape index (κ2) is 9.32. The highest BCUT2D eigenvalue weighted by Crippen LogP contribution is 2.25. The van der Waals surface area contributed by atoms with E-state index in [0.29, 0.717) is 0 Å². The first-order chi connectivity index (χ1) is 12.0. The van der Waals surface area contributed by atoms with Crippen LogP contribution in [0.3, 0.4) is 0 Å². The molecule has 1 aromatic carbocycles. The molecule has 0 saturated carbocycles. The molecule has 2 N–H and O–H groups in total. The SMILES string of the molecule is O=C(O)C#CSON=C(c1ccc(OCCS(=O)(=O)O)cc1)C(F)(F)F. The second-order valence-corrected chi connectivity index (χ2v) is 6.38. The lowest BCUT2D eigenvalue weighted by Gasteiger charge is -2.10. The Hall–Kier alpha value is -2.43. The molecule has 13 heteroatoms.